The highest BCUT2D eigenvalue weighted by atomic mass is 32.2. The van der Waals surface area contributed by atoms with E-state index in [1.807, 2.05) is 0 Å². The minimum absolute atomic E-state index is 0.557. The van der Waals surface area contributed by atoms with E-state index in [4.69, 9.17) is 0 Å². The lowest BCUT2D eigenvalue weighted by Gasteiger charge is -2.28. The number of hydrogen-bond donors (Lipinski definition) is 1. The van der Waals surface area contributed by atoms with Gasteiger partial charge in [0.15, 0.2) is 0 Å². The molecular weight excluding hydrogens is 228 g/mol. The summed E-state index contributed by atoms with van der Waals surface area (Å²) in [5.41, 5.74) is 3.05. The Morgan fingerprint density at radius 2 is 2.24 bits per heavy atom. The van der Waals surface area contributed by atoms with Crippen molar-refractivity contribution in [1.82, 2.24) is 10.2 Å². The number of nitrogens with zero attached hydrogens (tertiary/aromatic N) is 1. The predicted molar refractivity (Wildman–Crippen MR) is 74.4 cm³/mol. The Morgan fingerprint density at radius 3 is 3.06 bits per heavy atom. The molecule has 0 aliphatic carbocycles. The number of fused-ring (bicyclic) bond motifs is 1. The Bertz CT molecular complexity index is 394. The number of likely N-dealkylation sites (N-methyl/N-ethyl adjacent to an activating group) is 1. The summed E-state index contributed by atoms with van der Waals surface area (Å²) in [6.07, 6.45) is 1.29. The molecule has 2 atom stereocenters. The summed E-state index contributed by atoms with van der Waals surface area (Å²) in [4.78, 5) is 2.42. The van der Waals surface area contributed by atoms with Gasteiger partial charge in [-0.15, -0.1) is 0 Å². The van der Waals surface area contributed by atoms with Crippen LogP contribution in [0.1, 0.15) is 23.6 Å². The molecule has 0 bridgehead atoms. The molecule has 1 fully saturated rings. The zero-order chi connectivity index (χ0) is 11.7. The third-order valence-electron chi connectivity index (χ3n) is 3.80. The second kappa shape index (κ2) is 5.01. The Hall–Kier alpha value is -0.510. The molecule has 2 nitrogen and oxygen atoms in total. The first-order valence-corrected chi connectivity index (χ1v) is 7.58. The van der Waals surface area contributed by atoms with Crippen molar-refractivity contribution in [3.05, 3.63) is 35.4 Å². The van der Waals surface area contributed by atoms with Crippen LogP contribution in [-0.2, 0) is 5.75 Å². The molecule has 3 heteroatoms. The van der Waals surface area contributed by atoms with Crippen LogP contribution in [0.25, 0.3) is 0 Å². The second-order valence-corrected chi connectivity index (χ2v) is 6.21. The molecule has 0 saturated carbocycles. The van der Waals surface area contributed by atoms with Gasteiger partial charge in [0.1, 0.15) is 0 Å². The smallest absolute Gasteiger partial charge is 0.0417 e. The third-order valence-corrected chi connectivity index (χ3v) is 4.88. The normalized spacial score (nSPS) is 29.2. The molecular formula is C14H20N2S. The highest BCUT2D eigenvalue weighted by Gasteiger charge is 2.26. The summed E-state index contributed by atoms with van der Waals surface area (Å²) in [5, 5.41) is 3.84. The molecule has 92 valence electrons. The quantitative estimate of drug-likeness (QED) is 0.864. The fourth-order valence-corrected chi connectivity index (χ4v) is 3.99. The summed E-state index contributed by atoms with van der Waals surface area (Å²) in [7, 11) is 2.21. The molecule has 2 aliphatic rings. The molecule has 0 spiro atoms. The lowest BCUT2D eigenvalue weighted by atomic mass is 10.0. The van der Waals surface area contributed by atoms with Gasteiger partial charge >= 0.3 is 0 Å². The van der Waals surface area contributed by atoms with E-state index in [2.05, 4.69) is 53.3 Å². The van der Waals surface area contributed by atoms with E-state index in [1.165, 1.54) is 42.1 Å². The maximum absolute atomic E-state index is 3.84. The number of nitrogens with one attached hydrogen (secondary N) is 1. The summed E-state index contributed by atoms with van der Waals surface area (Å²) < 4.78 is 0. The van der Waals surface area contributed by atoms with E-state index in [-0.39, 0.29) is 0 Å². The summed E-state index contributed by atoms with van der Waals surface area (Å²) in [6.45, 7) is 2.43. The Kier molecular flexibility index (Phi) is 3.41. The largest absolute Gasteiger partial charge is 0.305 e. The number of benzene rings is 1. The fourth-order valence-electron chi connectivity index (χ4n) is 2.88. The molecule has 1 N–H and O–H groups in total. The van der Waals surface area contributed by atoms with Gasteiger partial charge in [-0.3, -0.25) is 0 Å². The van der Waals surface area contributed by atoms with E-state index in [9.17, 15) is 0 Å². The van der Waals surface area contributed by atoms with Gasteiger partial charge in [-0.2, -0.15) is 11.8 Å². The van der Waals surface area contributed by atoms with Crippen LogP contribution in [0.3, 0.4) is 0 Å². The standard InChI is InChI=1S/C14H20N2S/c1-16-7-6-12(8-16)15-14-10-17-9-11-4-2-3-5-13(11)14/h2-5,12,14-15H,6-10H2,1H3. The lowest BCUT2D eigenvalue weighted by Crippen LogP contribution is -2.37. The van der Waals surface area contributed by atoms with Crippen molar-refractivity contribution in [3.8, 4) is 0 Å². The van der Waals surface area contributed by atoms with E-state index in [0.717, 1.165) is 0 Å². The molecule has 1 saturated heterocycles. The molecule has 0 amide bonds. The van der Waals surface area contributed by atoms with Gasteiger partial charge in [-0.1, -0.05) is 24.3 Å². The van der Waals surface area contributed by atoms with E-state index in [0.29, 0.717) is 12.1 Å². The first-order chi connectivity index (χ1) is 8.33. The first kappa shape index (κ1) is 11.6. The highest BCUT2D eigenvalue weighted by Crippen LogP contribution is 2.32. The van der Waals surface area contributed by atoms with Gasteiger partial charge in [-0.25, -0.2) is 0 Å². The molecule has 2 heterocycles. The molecule has 0 aromatic heterocycles. The van der Waals surface area contributed by atoms with Crippen molar-refractivity contribution < 1.29 is 0 Å². The molecule has 2 aliphatic heterocycles. The van der Waals surface area contributed by atoms with Crippen molar-refractivity contribution in [3.63, 3.8) is 0 Å². The maximum Gasteiger partial charge on any atom is 0.0417 e. The van der Waals surface area contributed by atoms with Crippen LogP contribution in [0.2, 0.25) is 0 Å². The monoisotopic (exact) mass is 248 g/mol. The van der Waals surface area contributed by atoms with Gasteiger partial charge in [-0.05, 0) is 31.1 Å². The lowest BCUT2D eigenvalue weighted by molar-refractivity contribution is 0.387. The zero-order valence-corrected chi connectivity index (χ0v) is 11.2. The second-order valence-electron chi connectivity index (χ2n) is 5.18. The first-order valence-electron chi connectivity index (χ1n) is 6.43. The maximum atomic E-state index is 3.84. The number of thioether (sulfide) groups is 1. The fraction of sp³-hybridized carbons (Fsp3) is 0.571. The van der Waals surface area contributed by atoms with E-state index in [1.54, 1.807) is 0 Å². The van der Waals surface area contributed by atoms with Crippen molar-refractivity contribution >= 4 is 11.8 Å². The average Bonchev–Trinajstić information content (AvgIpc) is 2.75. The van der Waals surface area contributed by atoms with Crippen LogP contribution in [0, 0.1) is 0 Å². The van der Waals surface area contributed by atoms with E-state index >= 15 is 0 Å². The van der Waals surface area contributed by atoms with Crippen LogP contribution >= 0.6 is 11.8 Å². The third kappa shape index (κ3) is 2.51. The molecule has 17 heavy (non-hydrogen) atoms. The van der Waals surface area contributed by atoms with Crippen molar-refractivity contribution in [2.24, 2.45) is 0 Å². The Balaban J connectivity index is 1.72. The zero-order valence-electron chi connectivity index (χ0n) is 10.4. The number of hydrogen-bond acceptors (Lipinski definition) is 3. The summed E-state index contributed by atoms with van der Waals surface area (Å²) in [6, 6.07) is 10.1. The topological polar surface area (TPSA) is 15.3 Å². The van der Waals surface area contributed by atoms with Crippen molar-refractivity contribution in [2.75, 3.05) is 25.9 Å². The highest BCUT2D eigenvalue weighted by molar-refractivity contribution is 7.98. The number of rotatable bonds is 2. The van der Waals surface area contributed by atoms with Gasteiger partial charge in [0.2, 0.25) is 0 Å². The number of likely N-dealkylation sites (tertiary alicyclic amines) is 1. The minimum Gasteiger partial charge on any atom is -0.305 e. The molecule has 3 rings (SSSR count). The van der Waals surface area contributed by atoms with Crippen molar-refractivity contribution in [2.45, 2.75) is 24.3 Å². The van der Waals surface area contributed by atoms with Gasteiger partial charge in [0.05, 0.1) is 0 Å². The van der Waals surface area contributed by atoms with Crippen LogP contribution in [0.4, 0.5) is 0 Å². The Labute approximate surface area is 108 Å². The van der Waals surface area contributed by atoms with Gasteiger partial charge in [0.25, 0.3) is 0 Å². The van der Waals surface area contributed by atoms with Crippen LogP contribution in [0.5, 0.6) is 0 Å². The van der Waals surface area contributed by atoms with Gasteiger partial charge in [0, 0.05) is 30.1 Å². The average molecular weight is 248 g/mol. The SMILES string of the molecule is CN1CCC(NC2CSCc3ccccc32)C1. The molecule has 0 radical (unpaired) electrons. The molecule has 2 unspecified atom stereocenters. The predicted octanol–water partition coefficient (Wildman–Crippen LogP) is 2.27. The van der Waals surface area contributed by atoms with Crippen LogP contribution in [-0.4, -0.2) is 36.8 Å². The van der Waals surface area contributed by atoms with E-state index < -0.39 is 0 Å². The summed E-state index contributed by atoms with van der Waals surface area (Å²) >= 11 is 2.05. The van der Waals surface area contributed by atoms with Crippen LogP contribution in [0.15, 0.2) is 24.3 Å². The molecule has 1 aromatic carbocycles. The van der Waals surface area contributed by atoms with Gasteiger partial charge < -0.3 is 10.2 Å². The van der Waals surface area contributed by atoms with Crippen LogP contribution < -0.4 is 5.32 Å². The minimum atomic E-state index is 0.557. The van der Waals surface area contributed by atoms with Crippen molar-refractivity contribution in [1.29, 1.82) is 0 Å². The molecule has 1 aromatic rings. The summed E-state index contributed by atoms with van der Waals surface area (Å²) in [5.74, 6) is 2.40. The Morgan fingerprint density at radius 1 is 1.35 bits per heavy atom.